The minimum absolute atomic E-state index is 0.121. The summed E-state index contributed by atoms with van der Waals surface area (Å²) in [4.78, 5) is 14.2. The van der Waals surface area contributed by atoms with E-state index >= 15 is 0 Å². The summed E-state index contributed by atoms with van der Waals surface area (Å²) in [5.74, 6) is 1.99. The lowest BCUT2D eigenvalue weighted by Gasteiger charge is -2.33. The van der Waals surface area contributed by atoms with Crippen LogP contribution in [0, 0.1) is 5.92 Å². The fourth-order valence-corrected chi connectivity index (χ4v) is 2.68. The molecule has 0 bridgehead atoms. The number of benzene rings is 1. The lowest BCUT2D eigenvalue weighted by molar-refractivity contribution is -0.136. The number of carbonyl (C=O) groups is 1. The Morgan fingerprint density at radius 2 is 1.86 bits per heavy atom. The van der Waals surface area contributed by atoms with Crippen LogP contribution in [-0.4, -0.2) is 36.6 Å². The number of hydrogen-bond acceptors (Lipinski definition) is 3. The molecule has 1 aromatic carbocycles. The fourth-order valence-electron chi connectivity index (χ4n) is 2.68. The highest BCUT2D eigenvalue weighted by atomic mass is 16.5. The van der Waals surface area contributed by atoms with Gasteiger partial charge in [-0.25, -0.2) is 0 Å². The third-order valence-electron chi connectivity index (χ3n) is 4.23. The molecule has 1 aliphatic heterocycles. The smallest absolute Gasteiger partial charge is 0.225 e. The molecule has 2 rings (SSSR count). The molecule has 1 atom stereocenters. The van der Waals surface area contributed by atoms with Crippen molar-refractivity contribution < 1.29 is 14.3 Å². The van der Waals surface area contributed by atoms with Crippen LogP contribution < -0.4 is 9.47 Å². The SMILES string of the molecule is CCOc1ccccc1OC1CCN(C(=O)C(C)CC)CC1. The molecule has 1 aliphatic rings. The Kier molecular flexibility index (Phi) is 6.10. The monoisotopic (exact) mass is 305 g/mol. The molecule has 1 unspecified atom stereocenters. The van der Waals surface area contributed by atoms with Gasteiger partial charge in [-0.15, -0.1) is 0 Å². The van der Waals surface area contributed by atoms with Gasteiger partial charge < -0.3 is 14.4 Å². The molecule has 4 heteroatoms. The first-order valence-corrected chi connectivity index (χ1v) is 8.33. The predicted molar refractivity (Wildman–Crippen MR) is 87.3 cm³/mol. The van der Waals surface area contributed by atoms with Crippen molar-refractivity contribution in [2.75, 3.05) is 19.7 Å². The molecule has 0 aromatic heterocycles. The predicted octanol–water partition coefficient (Wildman–Crippen LogP) is 3.50. The number of nitrogens with zero attached hydrogens (tertiary/aromatic N) is 1. The number of amides is 1. The van der Waals surface area contributed by atoms with Gasteiger partial charge in [0.05, 0.1) is 6.61 Å². The van der Waals surface area contributed by atoms with Crippen LogP contribution >= 0.6 is 0 Å². The lowest BCUT2D eigenvalue weighted by atomic mass is 10.0. The second kappa shape index (κ2) is 8.06. The van der Waals surface area contributed by atoms with E-state index in [1.54, 1.807) is 0 Å². The van der Waals surface area contributed by atoms with Crippen LogP contribution in [0.5, 0.6) is 11.5 Å². The summed E-state index contributed by atoms with van der Waals surface area (Å²) in [6, 6.07) is 7.78. The van der Waals surface area contributed by atoms with Crippen LogP contribution in [0.15, 0.2) is 24.3 Å². The number of hydrogen-bond donors (Lipinski definition) is 0. The number of ether oxygens (including phenoxy) is 2. The number of likely N-dealkylation sites (tertiary alicyclic amines) is 1. The molecule has 0 aliphatic carbocycles. The summed E-state index contributed by atoms with van der Waals surface area (Å²) >= 11 is 0. The van der Waals surface area contributed by atoms with Crippen LogP contribution in [0.25, 0.3) is 0 Å². The van der Waals surface area contributed by atoms with E-state index in [4.69, 9.17) is 9.47 Å². The van der Waals surface area contributed by atoms with Crippen LogP contribution in [0.1, 0.15) is 40.0 Å². The average molecular weight is 305 g/mol. The quantitative estimate of drug-likeness (QED) is 0.807. The van der Waals surface area contributed by atoms with E-state index in [1.807, 2.05) is 43.0 Å². The van der Waals surface area contributed by atoms with E-state index in [9.17, 15) is 4.79 Å². The van der Waals surface area contributed by atoms with Gasteiger partial charge >= 0.3 is 0 Å². The molecule has 22 heavy (non-hydrogen) atoms. The zero-order chi connectivity index (χ0) is 15.9. The molecule has 122 valence electrons. The molecular formula is C18H27NO3. The largest absolute Gasteiger partial charge is 0.490 e. The van der Waals surface area contributed by atoms with Gasteiger partial charge in [-0.3, -0.25) is 4.79 Å². The van der Waals surface area contributed by atoms with Gasteiger partial charge in [0, 0.05) is 31.8 Å². The number of piperidine rings is 1. The van der Waals surface area contributed by atoms with Gasteiger partial charge in [-0.05, 0) is 25.5 Å². The fraction of sp³-hybridized carbons (Fsp3) is 0.611. The van der Waals surface area contributed by atoms with Crippen LogP contribution in [0.2, 0.25) is 0 Å². The second-order valence-corrected chi connectivity index (χ2v) is 5.83. The summed E-state index contributed by atoms with van der Waals surface area (Å²) in [5.41, 5.74) is 0. The molecule has 0 N–H and O–H groups in total. The molecule has 1 heterocycles. The second-order valence-electron chi connectivity index (χ2n) is 5.83. The number of rotatable bonds is 6. The summed E-state index contributed by atoms with van der Waals surface area (Å²) in [6.07, 6.45) is 2.81. The standard InChI is InChI=1S/C18H27NO3/c1-4-14(3)18(20)19-12-10-15(11-13-19)22-17-9-7-6-8-16(17)21-5-2/h6-9,14-15H,4-5,10-13H2,1-3H3. The van der Waals surface area contributed by atoms with E-state index in [-0.39, 0.29) is 17.9 Å². The molecule has 1 saturated heterocycles. The van der Waals surface area contributed by atoms with Crippen molar-refractivity contribution in [3.05, 3.63) is 24.3 Å². The highest BCUT2D eigenvalue weighted by Crippen LogP contribution is 2.29. The van der Waals surface area contributed by atoms with Gasteiger partial charge in [0.25, 0.3) is 0 Å². The van der Waals surface area contributed by atoms with Crippen molar-refractivity contribution in [2.45, 2.75) is 46.1 Å². The zero-order valence-electron chi connectivity index (χ0n) is 13.9. The average Bonchev–Trinajstić information content (AvgIpc) is 2.56. The normalized spacial score (nSPS) is 17.1. The maximum atomic E-state index is 12.2. The zero-order valence-corrected chi connectivity index (χ0v) is 13.9. The minimum atomic E-state index is 0.121. The van der Waals surface area contributed by atoms with E-state index in [1.165, 1.54) is 0 Å². The van der Waals surface area contributed by atoms with E-state index in [0.717, 1.165) is 43.9 Å². The highest BCUT2D eigenvalue weighted by Gasteiger charge is 2.26. The topological polar surface area (TPSA) is 38.8 Å². The first-order chi connectivity index (χ1) is 10.7. The first kappa shape index (κ1) is 16.7. The third kappa shape index (κ3) is 4.15. The molecule has 0 spiro atoms. The van der Waals surface area contributed by atoms with Gasteiger partial charge in [-0.2, -0.15) is 0 Å². The van der Waals surface area contributed by atoms with Crippen molar-refractivity contribution in [3.63, 3.8) is 0 Å². The van der Waals surface area contributed by atoms with Crippen molar-refractivity contribution in [1.82, 2.24) is 4.90 Å². The maximum Gasteiger partial charge on any atom is 0.225 e. The Bertz CT molecular complexity index is 481. The Hall–Kier alpha value is -1.71. The van der Waals surface area contributed by atoms with E-state index in [0.29, 0.717) is 6.61 Å². The van der Waals surface area contributed by atoms with Crippen molar-refractivity contribution >= 4 is 5.91 Å². The maximum absolute atomic E-state index is 12.2. The molecule has 1 aromatic rings. The first-order valence-electron chi connectivity index (χ1n) is 8.33. The summed E-state index contributed by atoms with van der Waals surface area (Å²) in [5, 5.41) is 0. The highest BCUT2D eigenvalue weighted by molar-refractivity contribution is 5.78. The van der Waals surface area contributed by atoms with E-state index in [2.05, 4.69) is 6.92 Å². The lowest BCUT2D eigenvalue weighted by Crippen LogP contribution is -2.43. The van der Waals surface area contributed by atoms with Crippen LogP contribution in [0.4, 0.5) is 0 Å². The van der Waals surface area contributed by atoms with Gasteiger partial charge in [0.2, 0.25) is 5.91 Å². The Morgan fingerprint density at radius 1 is 1.23 bits per heavy atom. The van der Waals surface area contributed by atoms with Crippen molar-refractivity contribution in [1.29, 1.82) is 0 Å². The summed E-state index contributed by atoms with van der Waals surface area (Å²) < 4.78 is 11.7. The molecule has 0 saturated carbocycles. The minimum Gasteiger partial charge on any atom is -0.490 e. The Balaban J connectivity index is 1.89. The van der Waals surface area contributed by atoms with Crippen molar-refractivity contribution in [3.8, 4) is 11.5 Å². The third-order valence-corrected chi connectivity index (χ3v) is 4.23. The van der Waals surface area contributed by atoms with Gasteiger partial charge in [0.15, 0.2) is 11.5 Å². The Morgan fingerprint density at radius 3 is 2.45 bits per heavy atom. The van der Waals surface area contributed by atoms with Crippen LogP contribution in [-0.2, 0) is 4.79 Å². The molecule has 1 amide bonds. The Labute approximate surface area is 133 Å². The van der Waals surface area contributed by atoms with Crippen LogP contribution in [0.3, 0.4) is 0 Å². The molecule has 1 fully saturated rings. The number of carbonyl (C=O) groups excluding carboxylic acids is 1. The van der Waals surface area contributed by atoms with Gasteiger partial charge in [-0.1, -0.05) is 26.0 Å². The summed E-state index contributed by atoms with van der Waals surface area (Å²) in [6.45, 7) is 8.22. The number of para-hydroxylation sites is 2. The molecule has 0 radical (unpaired) electrons. The van der Waals surface area contributed by atoms with E-state index < -0.39 is 0 Å². The molecule has 4 nitrogen and oxygen atoms in total. The summed E-state index contributed by atoms with van der Waals surface area (Å²) in [7, 11) is 0. The van der Waals surface area contributed by atoms with Crippen molar-refractivity contribution in [2.24, 2.45) is 5.92 Å². The van der Waals surface area contributed by atoms with Gasteiger partial charge in [0.1, 0.15) is 6.10 Å². The molecular weight excluding hydrogens is 278 g/mol.